The summed E-state index contributed by atoms with van der Waals surface area (Å²) in [6.07, 6.45) is 0.572. The average molecular weight is 320 g/mol. The maximum atomic E-state index is 11.5. The first-order chi connectivity index (χ1) is 8.03. The lowest BCUT2D eigenvalue weighted by atomic mass is 9.97. The number of hydrogen-bond donors (Lipinski definition) is 2. The number of amides is 1. The number of carbonyl (C=O) groups is 1. The summed E-state index contributed by atoms with van der Waals surface area (Å²) in [7, 11) is 0. The van der Waals surface area contributed by atoms with Crippen molar-refractivity contribution in [1.29, 1.82) is 0 Å². The highest BCUT2D eigenvalue weighted by atomic mass is 79.9. The highest BCUT2D eigenvalue weighted by molar-refractivity contribution is 9.10. The second kappa shape index (κ2) is 4.84. The molecule has 2 rings (SSSR count). The van der Waals surface area contributed by atoms with E-state index < -0.39 is 11.4 Å². The SMILES string of the molecule is NC(=O)C1(Nc2ccc(Cl)c(Br)c2)CCOC1. The smallest absolute Gasteiger partial charge is 0.245 e. The van der Waals surface area contributed by atoms with Gasteiger partial charge in [0.2, 0.25) is 5.91 Å². The lowest BCUT2D eigenvalue weighted by molar-refractivity contribution is -0.122. The molecule has 1 aliphatic heterocycles. The normalized spacial score (nSPS) is 23.6. The molecule has 0 bridgehead atoms. The van der Waals surface area contributed by atoms with E-state index in [2.05, 4.69) is 21.2 Å². The molecule has 4 nitrogen and oxygen atoms in total. The molecule has 1 aromatic carbocycles. The van der Waals surface area contributed by atoms with Gasteiger partial charge in [-0.05, 0) is 34.1 Å². The number of benzene rings is 1. The van der Waals surface area contributed by atoms with E-state index in [1.807, 2.05) is 6.07 Å². The zero-order chi connectivity index (χ0) is 12.5. The molecule has 0 saturated carbocycles. The molecule has 0 spiro atoms. The minimum atomic E-state index is -0.812. The van der Waals surface area contributed by atoms with E-state index in [1.54, 1.807) is 12.1 Å². The van der Waals surface area contributed by atoms with Crippen molar-refractivity contribution in [2.75, 3.05) is 18.5 Å². The van der Waals surface area contributed by atoms with Crippen LogP contribution < -0.4 is 11.1 Å². The van der Waals surface area contributed by atoms with Crippen LogP contribution in [0, 0.1) is 0 Å². The Morgan fingerprint density at radius 2 is 2.35 bits per heavy atom. The molecule has 1 amide bonds. The van der Waals surface area contributed by atoms with Crippen LogP contribution in [0.3, 0.4) is 0 Å². The minimum absolute atomic E-state index is 0.294. The number of rotatable bonds is 3. The number of nitrogens with two attached hydrogens (primary N) is 1. The van der Waals surface area contributed by atoms with Crippen molar-refractivity contribution in [3.8, 4) is 0 Å². The van der Waals surface area contributed by atoms with E-state index in [9.17, 15) is 4.79 Å². The van der Waals surface area contributed by atoms with E-state index >= 15 is 0 Å². The number of nitrogens with one attached hydrogen (secondary N) is 1. The van der Waals surface area contributed by atoms with E-state index in [-0.39, 0.29) is 0 Å². The Kier molecular flexibility index (Phi) is 3.61. The third-order valence-corrected chi connectivity index (χ3v) is 4.01. The van der Waals surface area contributed by atoms with Crippen LogP contribution in [0.4, 0.5) is 5.69 Å². The van der Waals surface area contributed by atoms with Crippen LogP contribution in [0.25, 0.3) is 0 Å². The van der Waals surface area contributed by atoms with Crippen molar-refractivity contribution in [2.45, 2.75) is 12.0 Å². The monoisotopic (exact) mass is 318 g/mol. The number of halogens is 2. The van der Waals surface area contributed by atoms with Gasteiger partial charge in [-0.15, -0.1) is 0 Å². The maximum absolute atomic E-state index is 11.5. The Morgan fingerprint density at radius 1 is 1.59 bits per heavy atom. The summed E-state index contributed by atoms with van der Waals surface area (Å²) in [6, 6.07) is 5.36. The number of ether oxygens (including phenoxy) is 1. The molecule has 1 atom stereocenters. The number of carbonyl (C=O) groups excluding carboxylic acids is 1. The minimum Gasteiger partial charge on any atom is -0.378 e. The molecule has 1 unspecified atom stereocenters. The van der Waals surface area contributed by atoms with Gasteiger partial charge in [-0.3, -0.25) is 4.79 Å². The van der Waals surface area contributed by atoms with E-state index in [4.69, 9.17) is 22.1 Å². The van der Waals surface area contributed by atoms with Crippen LogP contribution in [-0.2, 0) is 9.53 Å². The van der Waals surface area contributed by atoms with Gasteiger partial charge in [0, 0.05) is 23.2 Å². The summed E-state index contributed by atoms with van der Waals surface area (Å²) in [6.45, 7) is 0.827. The molecular weight excluding hydrogens is 307 g/mol. The second-order valence-corrected chi connectivity index (χ2v) is 5.26. The number of hydrogen-bond acceptors (Lipinski definition) is 3. The van der Waals surface area contributed by atoms with Crippen LogP contribution >= 0.6 is 27.5 Å². The third-order valence-electron chi connectivity index (χ3n) is 2.80. The number of primary amides is 1. The van der Waals surface area contributed by atoms with E-state index in [0.717, 1.165) is 10.2 Å². The van der Waals surface area contributed by atoms with Gasteiger partial charge in [0.1, 0.15) is 5.54 Å². The van der Waals surface area contributed by atoms with Gasteiger partial charge in [-0.2, -0.15) is 0 Å². The van der Waals surface area contributed by atoms with Gasteiger partial charge in [-0.1, -0.05) is 11.6 Å². The molecule has 1 heterocycles. The van der Waals surface area contributed by atoms with Gasteiger partial charge in [0.15, 0.2) is 0 Å². The van der Waals surface area contributed by atoms with Gasteiger partial charge in [0.05, 0.1) is 11.6 Å². The molecule has 6 heteroatoms. The average Bonchev–Trinajstić information content (AvgIpc) is 2.73. The predicted molar refractivity (Wildman–Crippen MR) is 70.1 cm³/mol. The zero-order valence-corrected chi connectivity index (χ0v) is 11.3. The molecule has 17 heavy (non-hydrogen) atoms. The summed E-state index contributed by atoms with van der Waals surface area (Å²) in [4.78, 5) is 11.5. The Bertz CT molecular complexity index is 447. The van der Waals surface area contributed by atoms with Crippen molar-refractivity contribution in [1.82, 2.24) is 0 Å². The van der Waals surface area contributed by atoms with Gasteiger partial charge < -0.3 is 15.8 Å². The highest BCUT2D eigenvalue weighted by Gasteiger charge is 2.40. The quantitative estimate of drug-likeness (QED) is 0.897. The Hall–Kier alpha value is -0.780. The van der Waals surface area contributed by atoms with Crippen LogP contribution in [-0.4, -0.2) is 24.7 Å². The van der Waals surface area contributed by atoms with Crippen molar-refractivity contribution in [2.24, 2.45) is 5.73 Å². The molecule has 1 fully saturated rings. The van der Waals surface area contributed by atoms with Crippen LogP contribution in [0.1, 0.15) is 6.42 Å². The zero-order valence-electron chi connectivity index (χ0n) is 9.00. The third kappa shape index (κ3) is 2.56. The molecule has 0 radical (unpaired) electrons. The largest absolute Gasteiger partial charge is 0.378 e. The van der Waals surface area contributed by atoms with E-state index in [0.29, 0.717) is 24.7 Å². The lowest BCUT2D eigenvalue weighted by Crippen LogP contribution is -2.51. The molecular formula is C11H12BrClN2O2. The summed E-state index contributed by atoms with van der Waals surface area (Å²) in [5.41, 5.74) is 5.40. The lowest BCUT2D eigenvalue weighted by Gasteiger charge is -2.26. The van der Waals surface area contributed by atoms with Crippen LogP contribution in [0.2, 0.25) is 5.02 Å². The first kappa shape index (κ1) is 12.7. The molecule has 3 N–H and O–H groups in total. The Labute approximate surface area is 113 Å². The summed E-state index contributed by atoms with van der Waals surface area (Å²) < 4.78 is 6.01. The Morgan fingerprint density at radius 3 is 2.88 bits per heavy atom. The van der Waals surface area contributed by atoms with Gasteiger partial charge in [0.25, 0.3) is 0 Å². The fraction of sp³-hybridized carbons (Fsp3) is 0.364. The Balaban J connectivity index is 2.23. The van der Waals surface area contributed by atoms with Crippen molar-refractivity contribution < 1.29 is 9.53 Å². The van der Waals surface area contributed by atoms with Crippen molar-refractivity contribution in [3.63, 3.8) is 0 Å². The van der Waals surface area contributed by atoms with E-state index in [1.165, 1.54) is 0 Å². The summed E-state index contributed by atoms with van der Waals surface area (Å²) in [5.74, 6) is -0.402. The number of anilines is 1. The molecule has 1 saturated heterocycles. The standard InChI is InChI=1S/C11H12BrClN2O2/c12-8-5-7(1-2-9(8)13)15-11(10(14)16)3-4-17-6-11/h1-2,5,15H,3-4,6H2,(H2,14,16). The van der Waals surface area contributed by atoms with Gasteiger partial charge >= 0.3 is 0 Å². The highest BCUT2D eigenvalue weighted by Crippen LogP contribution is 2.29. The van der Waals surface area contributed by atoms with Gasteiger partial charge in [-0.25, -0.2) is 0 Å². The second-order valence-electron chi connectivity index (χ2n) is 4.00. The van der Waals surface area contributed by atoms with Crippen molar-refractivity contribution in [3.05, 3.63) is 27.7 Å². The molecule has 0 aromatic heterocycles. The molecule has 1 aliphatic rings. The molecule has 92 valence electrons. The first-order valence-electron chi connectivity index (χ1n) is 5.14. The first-order valence-corrected chi connectivity index (χ1v) is 6.31. The topological polar surface area (TPSA) is 64.4 Å². The van der Waals surface area contributed by atoms with Crippen LogP contribution in [0.5, 0.6) is 0 Å². The van der Waals surface area contributed by atoms with Crippen molar-refractivity contribution >= 4 is 39.1 Å². The van der Waals surface area contributed by atoms with Crippen LogP contribution in [0.15, 0.2) is 22.7 Å². The molecule has 0 aliphatic carbocycles. The predicted octanol–water partition coefficient (Wildman–Crippen LogP) is 2.16. The fourth-order valence-corrected chi connectivity index (χ4v) is 2.27. The summed E-state index contributed by atoms with van der Waals surface area (Å²) in [5, 5.41) is 3.75. The fourth-order valence-electron chi connectivity index (χ4n) is 1.77. The molecule has 1 aromatic rings. The summed E-state index contributed by atoms with van der Waals surface area (Å²) >= 11 is 9.23. The maximum Gasteiger partial charge on any atom is 0.245 e.